The van der Waals surface area contributed by atoms with Gasteiger partial charge in [0.15, 0.2) is 0 Å². The highest BCUT2D eigenvalue weighted by Gasteiger charge is 2.51. The molecule has 0 radical (unpaired) electrons. The first-order chi connectivity index (χ1) is 27.4. The maximum Gasteiger partial charge on any atom is 0.407 e. The fourth-order valence-electron chi connectivity index (χ4n) is 9.11. The number of carbonyl (C=O) groups is 4. The number of aromatic amines is 2. The molecular formula is C42H50N8O7. The van der Waals surface area contributed by atoms with Crippen LogP contribution in [0, 0.1) is 17.8 Å². The third-order valence-electron chi connectivity index (χ3n) is 12.0. The lowest BCUT2D eigenvalue weighted by Crippen LogP contribution is -2.54. The zero-order valence-corrected chi connectivity index (χ0v) is 33.1. The summed E-state index contributed by atoms with van der Waals surface area (Å²) < 4.78 is 16.0. The minimum Gasteiger partial charge on any atom is -0.456 e. The van der Waals surface area contributed by atoms with Crippen LogP contribution >= 0.6 is 0 Å². The van der Waals surface area contributed by atoms with Gasteiger partial charge in [0, 0.05) is 34.5 Å². The Kier molecular flexibility index (Phi) is 10.2. The van der Waals surface area contributed by atoms with Crippen molar-refractivity contribution < 1.29 is 33.1 Å². The zero-order chi connectivity index (χ0) is 40.1. The first kappa shape index (κ1) is 38.0. The number of imidazole rings is 2. The van der Waals surface area contributed by atoms with Crippen molar-refractivity contribution in [3.05, 3.63) is 60.4 Å². The van der Waals surface area contributed by atoms with Crippen molar-refractivity contribution in [1.82, 2.24) is 40.4 Å². The van der Waals surface area contributed by atoms with E-state index in [0.717, 1.165) is 82.4 Å². The standard InChI is InChI=1S/C42H50N8O7/c1-21(2)34(47-41(53)55-5)39(51)49-15-7-8-31(49)37-43-19-29(45-37)23-10-13-27-28-14-11-24(18-33(28)57-32(27)17-23)30-20-44-38(46-30)36-25-9-12-26(16-25)50(36)40(52)35(22(3)4)48-42(54)56-6/h10-11,13-14,17-22,25-26,31,34-36H,7-9,12,15-16H2,1-6H3,(H,43,45)(H,44,46)(H,47,53)(H,48,54)/t25-,26-,31+,34+,35+,36+/m1/s1. The summed E-state index contributed by atoms with van der Waals surface area (Å²) in [6, 6.07) is 10.4. The molecule has 300 valence electrons. The van der Waals surface area contributed by atoms with E-state index in [0.29, 0.717) is 12.4 Å². The maximum atomic E-state index is 14.0. The number of likely N-dealkylation sites (tertiary alicyclic amines) is 2. The van der Waals surface area contributed by atoms with Crippen molar-refractivity contribution in [3.63, 3.8) is 0 Å². The molecule has 57 heavy (non-hydrogen) atoms. The number of rotatable bonds is 10. The lowest BCUT2D eigenvalue weighted by molar-refractivity contribution is -0.139. The van der Waals surface area contributed by atoms with Gasteiger partial charge in [0.25, 0.3) is 0 Å². The number of ether oxygens (including phenoxy) is 2. The average molecular weight is 779 g/mol. The molecule has 15 heteroatoms. The van der Waals surface area contributed by atoms with Gasteiger partial charge in [0.05, 0.1) is 50.1 Å². The minimum absolute atomic E-state index is 0.104. The predicted molar refractivity (Wildman–Crippen MR) is 212 cm³/mol. The summed E-state index contributed by atoms with van der Waals surface area (Å²) in [5, 5.41) is 7.41. The van der Waals surface area contributed by atoms with Gasteiger partial charge in [-0.3, -0.25) is 9.59 Å². The van der Waals surface area contributed by atoms with Crippen molar-refractivity contribution in [1.29, 1.82) is 0 Å². The van der Waals surface area contributed by atoms with Gasteiger partial charge in [0.2, 0.25) is 11.8 Å². The van der Waals surface area contributed by atoms with Crippen molar-refractivity contribution in [2.24, 2.45) is 17.8 Å². The van der Waals surface area contributed by atoms with Crippen LogP contribution in [0.4, 0.5) is 9.59 Å². The number of benzene rings is 2. The molecule has 1 saturated carbocycles. The van der Waals surface area contributed by atoms with Crippen LogP contribution in [0.25, 0.3) is 44.5 Å². The van der Waals surface area contributed by atoms with Crippen LogP contribution in [0.5, 0.6) is 0 Å². The summed E-state index contributed by atoms with van der Waals surface area (Å²) in [5.74, 6) is 1.22. The number of H-pyrrole nitrogens is 2. The molecule has 3 aliphatic rings. The molecule has 5 aromatic rings. The second kappa shape index (κ2) is 15.2. The Hall–Kier alpha value is -5.86. The Morgan fingerprint density at radius 1 is 0.772 bits per heavy atom. The van der Waals surface area contributed by atoms with E-state index < -0.39 is 24.3 Å². The molecule has 0 spiro atoms. The van der Waals surface area contributed by atoms with E-state index in [1.54, 1.807) is 11.1 Å². The summed E-state index contributed by atoms with van der Waals surface area (Å²) >= 11 is 0. The van der Waals surface area contributed by atoms with E-state index in [9.17, 15) is 19.2 Å². The van der Waals surface area contributed by atoms with Gasteiger partial charge < -0.3 is 44.3 Å². The quantitative estimate of drug-likeness (QED) is 0.118. The van der Waals surface area contributed by atoms with E-state index in [4.69, 9.17) is 23.9 Å². The van der Waals surface area contributed by atoms with Gasteiger partial charge in [-0.2, -0.15) is 0 Å². The van der Waals surface area contributed by atoms with E-state index in [-0.39, 0.29) is 47.7 Å². The lowest BCUT2D eigenvalue weighted by Gasteiger charge is -2.37. The number of alkyl carbamates (subject to hydrolysis) is 2. The first-order valence-electron chi connectivity index (χ1n) is 19.8. The third-order valence-corrected chi connectivity index (χ3v) is 12.0. The van der Waals surface area contributed by atoms with Crippen LogP contribution in [-0.2, 0) is 19.1 Å². The number of fused-ring (bicyclic) bond motifs is 5. The van der Waals surface area contributed by atoms with Crippen molar-refractivity contribution >= 4 is 45.9 Å². The van der Waals surface area contributed by atoms with Crippen LogP contribution in [-0.4, -0.2) is 92.6 Å². The van der Waals surface area contributed by atoms with E-state index in [1.807, 2.05) is 69.1 Å². The highest BCUT2D eigenvalue weighted by molar-refractivity contribution is 6.06. The number of nitrogens with one attached hydrogen (secondary N) is 4. The number of methoxy groups -OCH3 is 2. The molecule has 6 atom stereocenters. The highest BCUT2D eigenvalue weighted by atomic mass is 16.5. The topological polar surface area (TPSA) is 188 Å². The summed E-state index contributed by atoms with van der Waals surface area (Å²) in [6.45, 7) is 8.21. The van der Waals surface area contributed by atoms with Gasteiger partial charge in [-0.1, -0.05) is 39.8 Å². The monoisotopic (exact) mass is 778 g/mol. The molecule has 5 heterocycles. The second-order valence-corrected chi connectivity index (χ2v) is 16.2. The fraction of sp³-hybridized carbons (Fsp3) is 0.476. The van der Waals surface area contributed by atoms with Crippen LogP contribution in [0.3, 0.4) is 0 Å². The number of piperidine rings is 1. The number of nitrogens with zero attached hydrogens (tertiary/aromatic N) is 4. The fourth-order valence-corrected chi connectivity index (χ4v) is 9.11. The Balaban J connectivity index is 1.02. The van der Waals surface area contributed by atoms with Gasteiger partial charge >= 0.3 is 12.2 Å². The van der Waals surface area contributed by atoms with Gasteiger partial charge in [0.1, 0.15) is 34.9 Å². The van der Waals surface area contributed by atoms with Crippen LogP contribution in [0.1, 0.15) is 83.5 Å². The van der Waals surface area contributed by atoms with E-state index in [2.05, 4.69) is 26.7 Å². The average Bonchev–Trinajstić information content (AvgIpc) is 4.07. The van der Waals surface area contributed by atoms with Crippen LogP contribution in [0.2, 0.25) is 0 Å². The second-order valence-electron chi connectivity index (χ2n) is 16.2. The van der Waals surface area contributed by atoms with Crippen molar-refractivity contribution in [3.8, 4) is 22.5 Å². The molecule has 3 fully saturated rings. The van der Waals surface area contributed by atoms with E-state index in [1.165, 1.54) is 14.2 Å². The Labute approximate surface area is 330 Å². The van der Waals surface area contributed by atoms with Gasteiger partial charge in [-0.25, -0.2) is 19.6 Å². The molecule has 2 bridgehead atoms. The normalized spacial score (nSPS) is 21.5. The molecule has 4 N–H and O–H groups in total. The number of carbonyl (C=O) groups excluding carboxylic acids is 4. The zero-order valence-electron chi connectivity index (χ0n) is 33.1. The molecule has 2 saturated heterocycles. The number of hydrogen-bond donors (Lipinski definition) is 4. The van der Waals surface area contributed by atoms with Gasteiger partial charge in [-0.15, -0.1) is 0 Å². The van der Waals surface area contributed by atoms with Crippen LogP contribution in [0.15, 0.2) is 53.2 Å². The van der Waals surface area contributed by atoms with Crippen molar-refractivity contribution in [2.75, 3.05) is 20.8 Å². The SMILES string of the molecule is COC(=O)N[C@H](C(=O)N1CCC[C@H]1c1ncc(-c2ccc3c(c2)oc2cc(-c4cnc([C@@H]5[C@@H]6CC[C@H](C6)N5C(=O)[C@@H](NC(=O)OC)C(C)C)[nH]4)ccc23)[nH]1)C(C)C. The Morgan fingerprint density at radius 2 is 1.33 bits per heavy atom. The van der Waals surface area contributed by atoms with Crippen LogP contribution < -0.4 is 10.6 Å². The lowest BCUT2D eigenvalue weighted by atomic mass is 9.95. The molecule has 8 rings (SSSR count). The van der Waals surface area contributed by atoms with Crippen molar-refractivity contribution in [2.45, 2.75) is 90.0 Å². The molecular weight excluding hydrogens is 729 g/mol. The molecule has 2 aliphatic heterocycles. The summed E-state index contributed by atoms with van der Waals surface area (Å²) in [5.41, 5.74) is 4.88. The third kappa shape index (κ3) is 6.97. The molecule has 3 aromatic heterocycles. The largest absolute Gasteiger partial charge is 0.456 e. The maximum absolute atomic E-state index is 14.0. The number of hydrogen-bond acceptors (Lipinski definition) is 9. The Morgan fingerprint density at radius 3 is 1.91 bits per heavy atom. The molecule has 4 amide bonds. The summed E-state index contributed by atoms with van der Waals surface area (Å²) in [7, 11) is 2.59. The van der Waals surface area contributed by atoms with Gasteiger partial charge in [-0.05, 0) is 74.1 Å². The summed E-state index contributed by atoms with van der Waals surface area (Å²) in [6.07, 6.45) is 6.80. The first-order valence-corrected chi connectivity index (χ1v) is 19.8. The number of aromatic nitrogens is 4. The molecule has 15 nitrogen and oxygen atoms in total. The predicted octanol–water partition coefficient (Wildman–Crippen LogP) is 6.84. The summed E-state index contributed by atoms with van der Waals surface area (Å²) in [4.78, 5) is 72.0. The number of furan rings is 1. The molecule has 0 unspecified atom stereocenters. The Bertz CT molecular complexity index is 2330. The minimum atomic E-state index is -0.705. The molecule has 1 aliphatic carbocycles. The smallest absolute Gasteiger partial charge is 0.407 e. The molecule has 2 aromatic carbocycles. The number of amides is 4. The highest BCUT2D eigenvalue weighted by Crippen LogP contribution is 2.50. The van der Waals surface area contributed by atoms with E-state index >= 15 is 0 Å².